The Labute approximate surface area is 120 Å². The van der Waals surface area contributed by atoms with Crippen LogP contribution < -0.4 is 4.74 Å². The van der Waals surface area contributed by atoms with Crippen molar-refractivity contribution in [2.45, 2.75) is 6.42 Å². The number of rotatable bonds is 4. The molecule has 4 nitrogen and oxygen atoms in total. The van der Waals surface area contributed by atoms with Crippen molar-refractivity contribution in [3.63, 3.8) is 0 Å². The molecule has 106 valence electrons. The monoisotopic (exact) mass is 285 g/mol. The molecule has 0 radical (unpaired) electrons. The molecule has 2 heterocycles. The molecule has 5 heteroatoms. The van der Waals surface area contributed by atoms with Crippen molar-refractivity contribution in [1.82, 2.24) is 4.98 Å². The van der Waals surface area contributed by atoms with Gasteiger partial charge in [-0.25, -0.2) is 9.37 Å². The summed E-state index contributed by atoms with van der Waals surface area (Å²) in [6.45, 7) is 0. The van der Waals surface area contributed by atoms with E-state index in [9.17, 15) is 9.18 Å². The van der Waals surface area contributed by atoms with E-state index in [1.165, 1.54) is 13.2 Å². The largest absolute Gasteiger partial charge is 0.481 e. The van der Waals surface area contributed by atoms with E-state index in [1.54, 1.807) is 36.5 Å². The number of ether oxygens (including phenoxy) is 1. The fraction of sp³-hybridized carbons (Fsp3) is 0.125. The molecule has 0 N–H and O–H groups in total. The van der Waals surface area contributed by atoms with Gasteiger partial charge in [0.1, 0.15) is 0 Å². The molecule has 1 aromatic carbocycles. The summed E-state index contributed by atoms with van der Waals surface area (Å²) in [6, 6.07) is 9.57. The highest BCUT2D eigenvalue weighted by molar-refractivity contribution is 5.98. The second-order valence-electron chi connectivity index (χ2n) is 4.58. The Hall–Kier alpha value is -2.69. The lowest BCUT2D eigenvalue weighted by atomic mass is 10.1. The van der Waals surface area contributed by atoms with Gasteiger partial charge in [-0.15, -0.1) is 0 Å². The van der Waals surface area contributed by atoms with Gasteiger partial charge in [0.2, 0.25) is 11.7 Å². The summed E-state index contributed by atoms with van der Waals surface area (Å²) in [4.78, 5) is 16.2. The van der Waals surface area contributed by atoms with Crippen LogP contribution in [0.2, 0.25) is 0 Å². The van der Waals surface area contributed by atoms with E-state index in [4.69, 9.17) is 9.15 Å². The molecular formula is C16H12FNO3. The van der Waals surface area contributed by atoms with Gasteiger partial charge in [0.15, 0.2) is 17.2 Å². The number of pyridine rings is 1. The maximum Gasteiger partial charge on any atom is 0.212 e. The van der Waals surface area contributed by atoms with Crippen LogP contribution in [-0.2, 0) is 6.42 Å². The normalized spacial score (nSPS) is 10.8. The minimum atomic E-state index is -0.474. The van der Waals surface area contributed by atoms with E-state index in [2.05, 4.69) is 4.98 Å². The van der Waals surface area contributed by atoms with Crippen LogP contribution in [0.5, 0.6) is 5.88 Å². The number of carbonyl (C=O) groups excluding carboxylic acids is 1. The number of methoxy groups -OCH3 is 1. The number of nitrogens with zero attached hydrogens (tertiary/aromatic N) is 1. The molecule has 3 aromatic rings. The number of benzene rings is 1. The van der Waals surface area contributed by atoms with Gasteiger partial charge in [-0.1, -0.05) is 18.2 Å². The molecule has 0 atom stereocenters. The van der Waals surface area contributed by atoms with Gasteiger partial charge in [-0.05, 0) is 17.7 Å². The summed E-state index contributed by atoms with van der Waals surface area (Å²) in [6.07, 6.45) is 1.71. The van der Waals surface area contributed by atoms with Crippen molar-refractivity contribution in [3.05, 3.63) is 59.7 Å². The molecule has 0 aliphatic heterocycles. The number of para-hydroxylation sites is 1. The SMILES string of the molecule is COc1ccc(CC(=O)c2cc3cccc(F)c3o2)cn1. The lowest BCUT2D eigenvalue weighted by molar-refractivity contribution is 0.0968. The Morgan fingerprint density at radius 2 is 2.19 bits per heavy atom. The maximum absolute atomic E-state index is 13.5. The molecule has 0 aliphatic rings. The van der Waals surface area contributed by atoms with Crippen molar-refractivity contribution in [1.29, 1.82) is 0 Å². The van der Waals surface area contributed by atoms with Crippen molar-refractivity contribution in [3.8, 4) is 5.88 Å². The van der Waals surface area contributed by atoms with E-state index in [-0.39, 0.29) is 23.5 Å². The lowest BCUT2D eigenvalue weighted by Crippen LogP contribution is -2.02. The van der Waals surface area contributed by atoms with Gasteiger partial charge in [-0.2, -0.15) is 0 Å². The molecule has 2 aromatic heterocycles. The van der Waals surface area contributed by atoms with E-state index >= 15 is 0 Å². The number of ketones is 1. The number of furan rings is 1. The van der Waals surface area contributed by atoms with E-state index in [1.807, 2.05) is 0 Å². The molecule has 0 fully saturated rings. The molecule has 3 rings (SSSR count). The third kappa shape index (κ3) is 2.63. The topological polar surface area (TPSA) is 52.3 Å². The van der Waals surface area contributed by atoms with Crippen molar-refractivity contribution in [2.75, 3.05) is 7.11 Å². The molecule has 0 spiro atoms. The molecule has 0 saturated heterocycles. The van der Waals surface area contributed by atoms with Crippen LogP contribution >= 0.6 is 0 Å². The van der Waals surface area contributed by atoms with Crippen molar-refractivity contribution < 1.29 is 18.3 Å². The highest BCUT2D eigenvalue weighted by atomic mass is 19.1. The van der Waals surface area contributed by atoms with Gasteiger partial charge in [0.25, 0.3) is 0 Å². The average Bonchev–Trinajstić information content (AvgIpc) is 2.94. The molecule has 0 bridgehead atoms. The number of aromatic nitrogens is 1. The molecule has 0 amide bonds. The molecule has 0 aliphatic carbocycles. The third-order valence-corrected chi connectivity index (χ3v) is 3.14. The number of fused-ring (bicyclic) bond motifs is 1. The Kier molecular flexibility index (Phi) is 3.39. The highest BCUT2D eigenvalue weighted by Crippen LogP contribution is 2.23. The zero-order chi connectivity index (χ0) is 14.8. The van der Waals surface area contributed by atoms with E-state index in [0.717, 1.165) is 5.56 Å². The fourth-order valence-electron chi connectivity index (χ4n) is 2.07. The zero-order valence-electron chi connectivity index (χ0n) is 11.3. The van der Waals surface area contributed by atoms with Gasteiger partial charge in [-0.3, -0.25) is 4.79 Å². The number of Topliss-reactive ketones (excluding diaryl/α,β-unsaturated/α-hetero) is 1. The molecule has 0 unspecified atom stereocenters. The van der Waals surface area contributed by atoms with Crippen LogP contribution in [-0.4, -0.2) is 17.9 Å². The van der Waals surface area contributed by atoms with Crippen molar-refractivity contribution >= 4 is 16.8 Å². The predicted octanol–water partition coefficient (Wildman–Crippen LogP) is 3.40. The number of halogens is 1. The van der Waals surface area contributed by atoms with Gasteiger partial charge in [0.05, 0.1) is 7.11 Å². The van der Waals surface area contributed by atoms with Crippen LogP contribution in [0.15, 0.2) is 47.0 Å². The highest BCUT2D eigenvalue weighted by Gasteiger charge is 2.15. The predicted molar refractivity (Wildman–Crippen MR) is 75.0 cm³/mol. The zero-order valence-corrected chi connectivity index (χ0v) is 11.3. The average molecular weight is 285 g/mol. The standard InChI is InChI=1S/C16H12FNO3/c1-20-15-6-5-10(9-18-15)7-13(19)14-8-11-3-2-4-12(17)16(11)21-14/h2-6,8-9H,7H2,1H3. The van der Waals surface area contributed by atoms with Crippen LogP contribution in [0, 0.1) is 5.82 Å². The Morgan fingerprint density at radius 3 is 2.86 bits per heavy atom. The molecule has 21 heavy (non-hydrogen) atoms. The van der Waals surface area contributed by atoms with Crippen LogP contribution in [0.1, 0.15) is 16.1 Å². The first-order valence-corrected chi connectivity index (χ1v) is 6.37. The van der Waals surface area contributed by atoms with Gasteiger partial charge < -0.3 is 9.15 Å². The fourth-order valence-corrected chi connectivity index (χ4v) is 2.07. The number of hydrogen-bond donors (Lipinski definition) is 0. The minimum Gasteiger partial charge on any atom is -0.481 e. The molecular weight excluding hydrogens is 273 g/mol. The summed E-state index contributed by atoms with van der Waals surface area (Å²) in [5.74, 6) is -0.0712. The first-order valence-electron chi connectivity index (χ1n) is 6.37. The Balaban J connectivity index is 1.84. The lowest BCUT2D eigenvalue weighted by Gasteiger charge is -2.00. The summed E-state index contributed by atoms with van der Waals surface area (Å²) in [5, 5.41) is 0.575. The first-order chi connectivity index (χ1) is 10.2. The van der Waals surface area contributed by atoms with Gasteiger partial charge in [0, 0.05) is 24.1 Å². The summed E-state index contributed by atoms with van der Waals surface area (Å²) in [5.41, 5.74) is 0.843. The third-order valence-electron chi connectivity index (χ3n) is 3.14. The summed E-state index contributed by atoms with van der Waals surface area (Å²) < 4.78 is 23.8. The number of carbonyl (C=O) groups is 1. The Morgan fingerprint density at radius 1 is 1.33 bits per heavy atom. The van der Waals surface area contributed by atoms with Crippen LogP contribution in [0.4, 0.5) is 4.39 Å². The second-order valence-corrected chi connectivity index (χ2v) is 4.58. The second kappa shape index (κ2) is 5.36. The Bertz CT molecular complexity index is 793. The summed E-state index contributed by atoms with van der Waals surface area (Å²) in [7, 11) is 1.52. The van der Waals surface area contributed by atoms with Gasteiger partial charge >= 0.3 is 0 Å². The minimum absolute atomic E-state index is 0.105. The van der Waals surface area contributed by atoms with E-state index < -0.39 is 5.82 Å². The number of hydrogen-bond acceptors (Lipinski definition) is 4. The molecule has 0 saturated carbocycles. The van der Waals surface area contributed by atoms with E-state index in [0.29, 0.717) is 11.3 Å². The quantitative estimate of drug-likeness (QED) is 0.689. The van der Waals surface area contributed by atoms with Crippen LogP contribution in [0.3, 0.4) is 0 Å². The van der Waals surface area contributed by atoms with Crippen molar-refractivity contribution in [2.24, 2.45) is 0 Å². The summed E-state index contributed by atoms with van der Waals surface area (Å²) >= 11 is 0. The van der Waals surface area contributed by atoms with Crippen LogP contribution in [0.25, 0.3) is 11.0 Å². The first kappa shape index (κ1) is 13.3. The smallest absolute Gasteiger partial charge is 0.212 e. The maximum atomic E-state index is 13.5.